The smallest absolute Gasteiger partial charge is 0.168 e. The third kappa shape index (κ3) is 3.13. The van der Waals surface area contributed by atoms with Crippen LogP contribution in [0.1, 0.15) is 5.56 Å². The van der Waals surface area contributed by atoms with Crippen LogP contribution in [0, 0.1) is 0 Å². The Balaban J connectivity index is 2.58. The van der Waals surface area contributed by atoms with Crippen LogP contribution in [0.15, 0.2) is 24.5 Å². The highest BCUT2D eigenvalue weighted by atomic mass is 16.7. The van der Waals surface area contributed by atoms with Gasteiger partial charge in [-0.15, -0.1) is 0 Å². The van der Waals surface area contributed by atoms with Crippen LogP contribution in [0.2, 0.25) is 0 Å². The zero-order valence-corrected chi connectivity index (χ0v) is 8.36. The van der Waals surface area contributed by atoms with Gasteiger partial charge >= 0.3 is 0 Å². The molecular weight excluding hydrogens is 166 g/mol. The Hall–Kier alpha value is -0.930. The molecule has 0 aromatic carbocycles. The van der Waals surface area contributed by atoms with E-state index in [1.54, 1.807) is 14.2 Å². The summed E-state index contributed by atoms with van der Waals surface area (Å²) in [5.74, 6) is 0. The molecule has 1 rings (SSSR count). The summed E-state index contributed by atoms with van der Waals surface area (Å²) in [6.07, 6.45) is 4.66. The Morgan fingerprint density at radius 1 is 1.23 bits per heavy atom. The van der Waals surface area contributed by atoms with Crippen molar-refractivity contribution in [2.45, 2.75) is 12.7 Å². The zero-order valence-electron chi connectivity index (χ0n) is 8.36. The van der Waals surface area contributed by atoms with Crippen molar-refractivity contribution in [3.63, 3.8) is 0 Å². The predicted molar refractivity (Wildman–Crippen MR) is 49.1 cm³/mol. The Labute approximate surface area is 78.9 Å². The van der Waals surface area contributed by atoms with E-state index in [0.29, 0.717) is 0 Å². The van der Waals surface area contributed by atoms with Gasteiger partial charge in [-0.05, 0) is 5.56 Å². The summed E-state index contributed by atoms with van der Waals surface area (Å²) in [6, 6.07) is 4.12. The van der Waals surface area contributed by atoms with Crippen molar-refractivity contribution in [2.75, 3.05) is 14.2 Å². The number of ether oxygens (including phenoxy) is 2. The average Bonchev–Trinajstić information content (AvgIpc) is 2.17. The van der Waals surface area contributed by atoms with Gasteiger partial charge in [0.25, 0.3) is 0 Å². The van der Waals surface area contributed by atoms with Crippen LogP contribution in [-0.2, 0) is 22.9 Å². The third-order valence-corrected chi connectivity index (χ3v) is 1.98. The molecule has 0 aliphatic carbocycles. The van der Waals surface area contributed by atoms with E-state index < -0.39 is 0 Å². The molecule has 0 atom stereocenters. The van der Waals surface area contributed by atoms with Gasteiger partial charge in [-0.2, -0.15) is 0 Å². The molecule has 0 bridgehead atoms. The largest absolute Gasteiger partial charge is 0.356 e. The normalized spacial score (nSPS) is 10.8. The summed E-state index contributed by atoms with van der Waals surface area (Å²) in [5.41, 5.74) is 1.21. The van der Waals surface area contributed by atoms with Crippen molar-refractivity contribution >= 4 is 0 Å². The summed E-state index contributed by atoms with van der Waals surface area (Å²) in [7, 11) is 5.29. The van der Waals surface area contributed by atoms with Crippen molar-refractivity contribution in [1.82, 2.24) is 0 Å². The molecule has 0 saturated carbocycles. The Morgan fingerprint density at radius 3 is 2.23 bits per heavy atom. The second kappa shape index (κ2) is 4.94. The number of hydrogen-bond acceptors (Lipinski definition) is 2. The first-order valence-electron chi connectivity index (χ1n) is 4.26. The van der Waals surface area contributed by atoms with E-state index in [2.05, 4.69) is 12.1 Å². The monoisotopic (exact) mass is 182 g/mol. The summed E-state index contributed by atoms with van der Waals surface area (Å²) >= 11 is 0. The predicted octanol–water partition coefficient (Wildman–Crippen LogP) is 0.672. The van der Waals surface area contributed by atoms with Crippen LogP contribution < -0.4 is 4.57 Å². The fraction of sp³-hybridized carbons (Fsp3) is 0.500. The van der Waals surface area contributed by atoms with Crippen LogP contribution in [0.3, 0.4) is 0 Å². The molecule has 0 unspecified atom stereocenters. The van der Waals surface area contributed by atoms with Gasteiger partial charge in [-0.1, -0.05) is 0 Å². The standard InChI is InChI=1S/C10H16NO2/c1-11-6-4-9(5-7-11)8-10(12-2)13-3/h4-7,10H,8H2,1-3H3/q+1. The number of nitrogens with zero attached hydrogens (tertiary/aromatic N) is 1. The number of aromatic nitrogens is 1. The first-order valence-corrected chi connectivity index (χ1v) is 4.26. The first-order chi connectivity index (χ1) is 6.26. The number of aryl methyl sites for hydroxylation is 1. The number of methoxy groups -OCH3 is 2. The van der Waals surface area contributed by atoms with Crippen molar-refractivity contribution in [1.29, 1.82) is 0 Å². The second-order valence-electron chi connectivity index (χ2n) is 2.98. The Bertz CT molecular complexity index is 242. The fourth-order valence-corrected chi connectivity index (χ4v) is 1.12. The van der Waals surface area contributed by atoms with E-state index in [1.165, 1.54) is 5.56 Å². The maximum Gasteiger partial charge on any atom is 0.168 e. The third-order valence-electron chi connectivity index (χ3n) is 1.98. The van der Waals surface area contributed by atoms with Crippen molar-refractivity contribution in [2.24, 2.45) is 7.05 Å². The molecule has 0 radical (unpaired) electrons. The van der Waals surface area contributed by atoms with E-state index in [4.69, 9.17) is 9.47 Å². The lowest BCUT2D eigenvalue weighted by atomic mass is 10.2. The van der Waals surface area contributed by atoms with E-state index in [0.717, 1.165) is 6.42 Å². The Kier molecular flexibility index (Phi) is 3.86. The quantitative estimate of drug-likeness (QED) is 0.504. The number of pyridine rings is 1. The minimum absolute atomic E-state index is 0.146. The number of rotatable bonds is 4. The van der Waals surface area contributed by atoms with Gasteiger partial charge < -0.3 is 9.47 Å². The molecule has 0 spiro atoms. The van der Waals surface area contributed by atoms with Gasteiger partial charge in [-0.3, -0.25) is 0 Å². The Morgan fingerprint density at radius 2 is 1.77 bits per heavy atom. The summed E-state index contributed by atoms with van der Waals surface area (Å²) in [6.45, 7) is 0. The first kappa shape index (κ1) is 10.2. The van der Waals surface area contributed by atoms with Crippen LogP contribution in [-0.4, -0.2) is 20.5 Å². The molecule has 0 N–H and O–H groups in total. The molecule has 3 nitrogen and oxygen atoms in total. The van der Waals surface area contributed by atoms with E-state index in [9.17, 15) is 0 Å². The van der Waals surface area contributed by atoms with Crippen LogP contribution in [0.4, 0.5) is 0 Å². The summed E-state index contributed by atoms with van der Waals surface area (Å²) < 4.78 is 12.2. The highest BCUT2D eigenvalue weighted by Gasteiger charge is 2.06. The lowest BCUT2D eigenvalue weighted by molar-refractivity contribution is -0.671. The topological polar surface area (TPSA) is 22.3 Å². The molecule has 1 aromatic heterocycles. The molecular formula is C10H16NO2+. The van der Waals surface area contributed by atoms with Crippen molar-refractivity contribution < 1.29 is 14.0 Å². The molecule has 0 aliphatic heterocycles. The van der Waals surface area contributed by atoms with E-state index in [-0.39, 0.29) is 6.29 Å². The summed E-state index contributed by atoms with van der Waals surface area (Å²) in [5, 5.41) is 0. The minimum Gasteiger partial charge on any atom is -0.356 e. The lowest BCUT2D eigenvalue weighted by Crippen LogP contribution is -2.26. The van der Waals surface area contributed by atoms with Gasteiger partial charge in [0, 0.05) is 32.8 Å². The van der Waals surface area contributed by atoms with Crippen molar-refractivity contribution in [3.05, 3.63) is 30.1 Å². The molecule has 1 heterocycles. The van der Waals surface area contributed by atoms with Crippen molar-refractivity contribution in [3.8, 4) is 0 Å². The van der Waals surface area contributed by atoms with Gasteiger partial charge in [0.2, 0.25) is 0 Å². The minimum atomic E-state index is -0.146. The van der Waals surface area contributed by atoms with Gasteiger partial charge in [0.1, 0.15) is 7.05 Å². The molecule has 0 aliphatic rings. The molecule has 72 valence electrons. The molecule has 0 fully saturated rings. The fourth-order valence-electron chi connectivity index (χ4n) is 1.12. The number of hydrogen-bond donors (Lipinski definition) is 0. The SMILES string of the molecule is COC(Cc1cc[n+](C)cc1)OC. The van der Waals surface area contributed by atoms with Gasteiger partial charge in [0.05, 0.1) is 0 Å². The van der Waals surface area contributed by atoms with Gasteiger partial charge in [-0.25, -0.2) is 4.57 Å². The van der Waals surface area contributed by atoms with E-state index in [1.807, 2.05) is 24.0 Å². The zero-order chi connectivity index (χ0) is 9.68. The van der Waals surface area contributed by atoms with E-state index >= 15 is 0 Å². The molecule has 3 heteroatoms. The molecule has 13 heavy (non-hydrogen) atoms. The maximum absolute atomic E-state index is 5.10. The summed E-state index contributed by atoms with van der Waals surface area (Å²) in [4.78, 5) is 0. The van der Waals surface area contributed by atoms with Gasteiger partial charge in [0.15, 0.2) is 18.7 Å². The highest BCUT2D eigenvalue weighted by Crippen LogP contribution is 2.03. The molecule has 1 aromatic rings. The maximum atomic E-state index is 5.10. The molecule has 0 saturated heterocycles. The average molecular weight is 182 g/mol. The molecule has 0 amide bonds. The highest BCUT2D eigenvalue weighted by molar-refractivity contribution is 5.07. The lowest BCUT2D eigenvalue weighted by Gasteiger charge is -2.12. The van der Waals surface area contributed by atoms with Crippen LogP contribution in [0.25, 0.3) is 0 Å². The van der Waals surface area contributed by atoms with Crippen LogP contribution >= 0.6 is 0 Å². The van der Waals surface area contributed by atoms with Crippen LogP contribution in [0.5, 0.6) is 0 Å². The second-order valence-corrected chi connectivity index (χ2v) is 2.98.